The SMILES string of the molecule is Cn1c(CNc2c(F)cccc2F)nc2ccccc21. The minimum atomic E-state index is -0.608. The maximum Gasteiger partial charge on any atom is 0.149 e. The molecule has 3 rings (SSSR count). The van der Waals surface area contributed by atoms with Gasteiger partial charge in [-0.2, -0.15) is 0 Å². The molecule has 20 heavy (non-hydrogen) atoms. The molecule has 0 aliphatic rings. The first-order valence-electron chi connectivity index (χ1n) is 6.25. The molecule has 2 aromatic carbocycles. The van der Waals surface area contributed by atoms with Gasteiger partial charge in [0, 0.05) is 7.05 Å². The lowest BCUT2D eigenvalue weighted by atomic mass is 10.3. The van der Waals surface area contributed by atoms with E-state index < -0.39 is 11.6 Å². The zero-order valence-corrected chi connectivity index (χ0v) is 10.9. The van der Waals surface area contributed by atoms with Crippen LogP contribution in [0, 0.1) is 11.6 Å². The molecule has 3 nitrogen and oxygen atoms in total. The lowest BCUT2D eigenvalue weighted by Crippen LogP contribution is -2.08. The van der Waals surface area contributed by atoms with Gasteiger partial charge in [-0.3, -0.25) is 0 Å². The molecule has 0 bridgehead atoms. The van der Waals surface area contributed by atoms with E-state index in [0.29, 0.717) is 5.82 Å². The fourth-order valence-electron chi connectivity index (χ4n) is 2.19. The average molecular weight is 273 g/mol. The Kier molecular flexibility index (Phi) is 3.10. The minimum absolute atomic E-state index is 0.125. The lowest BCUT2D eigenvalue weighted by molar-refractivity contribution is 0.587. The van der Waals surface area contributed by atoms with Gasteiger partial charge in [0.15, 0.2) is 0 Å². The maximum atomic E-state index is 13.5. The van der Waals surface area contributed by atoms with Gasteiger partial charge in [0.2, 0.25) is 0 Å². The molecule has 0 radical (unpaired) electrons. The van der Waals surface area contributed by atoms with Crippen LogP contribution in [-0.2, 0) is 13.6 Å². The number of fused-ring (bicyclic) bond motifs is 1. The van der Waals surface area contributed by atoms with E-state index in [1.54, 1.807) is 0 Å². The molecule has 0 unspecified atom stereocenters. The summed E-state index contributed by atoms with van der Waals surface area (Å²) < 4.78 is 29.0. The maximum absolute atomic E-state index is 13.5. The number of hydrogen-bond donors (Lipinski definition) is 1. The van der Waals surface area contributed by atoms with Gasteiger partial charge >= 0.3 is 0 Å². The Balaban J connectivity index is 1.89. The first-order chi connectivity index (χ1) is 9.66. The van der Waals surface area contributed by atoms with Crippen LogP contribution >= 0.6 is 0 Å². The highest BCUT2D eigenvalue weighted by Gasteiger charge is 2.10. The molecule has 0 aliphatic carbocycles. The highest BCUT2D eigenvalue weighted by molar-refractivity contribution is 5.75. The lowest BCUT2D eigenvalue weighted by Gasteiger charge is -2.08. The normalized spacial score (nSPS) is 10.9. The highest BCUT2D eigenvalue weighted by atomic mass is 19.1. The van der Waals surface area contributed by atoms with Gasteiger partial charge < -0.3 is 9.88 Å². The van der Waals surface area contributed by atoms with Gasteiger partial charge in [-0.1, -0.05) is 18.2 Å². The molecule has 0 spiro atoms. The predicted octanol–water partition coefficient (Wildman–Crippen LogP) is 3.46. The third kappa shape index (κ3) is 2.11. The first kappa shape index (κ1) is 12.6. The summed E-state index contributed by atoms with van der Waals surface area (Å²) in [5.41, 5.74) is 1.72. The molecule has 0 aliphatic heterocycles. The van der Waals surface area contributed by atoms with Gasteiger partial charge in [0.25, 0.3) is 0 Å². The van der Waals surface area contributed by atoms with E-state index in [-0.39, 0.29) is 12.2 Å². The van der Waals surface area contributed by atoms with Crippen molar-refractivity contribution in [1.29, 1.82) is 0 Å². The summed E-state index contributed by atoms with van der Waals surface area (Å²) >= 11 is 0. The standard InChI is InChI=1S/C15H13F2N3/c1-20-13-8-3-2-7-12(13)19-14(20)9-18-15-10(16)5-4-6-11(15)17/h2-8,18H,9H2,1H3. The van der Waals surface area contributed by atoms with Crippen molar-refractivity contribution in [3.8, 4) is 0 Å². The second-order valence-electron chi connectivity index (χ2n) is 4.53. The van der Waals surface area contributed by atoms with Crippen molar-refractivity contribution in [2.75, 3.05) is 5.32 Å². The molecule has 102 valence electrons. The van der Waals surface area contributed by atoms with Crippen molar-refractivity contribution in [2.45, 2.75) is 6.54 Å². The summed E-state index contributed by atoms with van der Waals surface area (Å²) in [7, 11) is 1.88. The second kappa shape index (κ2) is 4.92. The number of aromatic nitrogens is 2. The zero-order chi connectivity index (χ0) is 14.1. The number of anilines is 1. The Labute approximate surface area is 114 Å². The van der Waals surface area contributed by atoms with Crippen LogP contribution in [0.1, 0.15) is 5.82 Å². The van der Waals surface area contributed by atoms with E-state index in [4.69, 9.17) is 0 Å². The molecule has 0 amide bonds. The number of nitrogens with one attached hydrogen (secondary N) is 1. The summed E-state index contributed by atoms with van der Waals surface area (Å²) in [6.45, 7) is 0.253. The number of rotatable bonds is 3. The molecule has 5 heteroatoms. The molecule has 0 atom stereocenters. The smallest absolute Gasteiger partial charge is 0.149 e. The van der Waals surface area contributed by atoms with Gasteiger partial charge in [-0.25, -0.2) is 13.8 Å². The van der Waals surface area contributed by atoms with E-state index in [0.717, 1.165) is 11.0 Å². The Morgan fingerprint density at radius 2 is 1.75 bits per heavy atom. The molecule has 1 N–H and O–H groups in total. The Morgan fingerprint density at radius 1 is 1.05 bits per heavy atom. The summed E-state index contributed by atoms with van der Waals surface area (Å²) in [5.74, 6) is -0.499. The van der Waals surface area contributed by atoms with Crippen LogP contribution in [0.5, 0.6) is 0 Å². The van der Waals surface area contributed by atoms with Crippen LogP contribution < -0.4 is 5.32 Å². The molecule has 0 saturated heterocycles. The van der Waals surface area contributed by atoms with E-state index in [1.807, 2.05) is 35.9 Å². The Hall–Kier alpha value is -2.43. The summed E-state index contributed by atoms with van der Waals surface area (Å²) in [5, 5.41) is 2.77. The number of para-hydroxylation sites is 3. The molecular weight excluding hydrogens is 260 g/mol. The van der Waals surface area contributed by atoms with E-state index in [1.165, 1.54) is 18.2 Å². The average Bonchev–Trinajstić information content (AvgIpc) is 2.76. The summed E-state index contributed by atoms with van der Waals surface area (Å²) in [4.78, 5) is 4.44. The number of halogens is 2. The Bertz CT molecular complexity index is 745. The molecule has 1 aromatic heterocycles. The van der Waals surface area contributed by atoms with Crippen molar-refractivity contribution in [3.63, 3.8) is 0 Å². The number of aryl methyl sites for hydroxylation is 1. The van der Waals surface area contributed by atoms with Crippen molar-refractivity contribution in [1.82, 2.24) is 9.55 Å². The second-order valence-corrected chi connectivity index (χ2v) is 4.53. The molecule has 0 fully saturated rings. The monoisotopic (exact) mass is 273 g/mol. The van der Waals surface area contributed by atoms with Crippen molar-refractivity contribution in [2.24, 2.45) is 7.05 Å². The van der Waals surface area contributed by atoms with Crippen LogP contribution in [-0.4, -0.2) is 9.55 Å². The van der Waals surface area contributed by atoms with E-state index >= 15 is 0 Å². The highest BCUT2D eigenvalue weighted by Crippen LogP contribution is 2.20. The van der Waals surface area contributed by atoms with Crippen LogP contribution in [0.2, 0.25) is 0 Å². The number of nitrogens with zero attached hydrogens (tertiary/aromatic N) is 2. The van der Waals surface area contributed by atoms with E-state index in [2.05, 4.69) is 10.3 Å². The van der Waals surface area contributed by atoms with Crippen molar-refractivity contribution >= 4 is 16.7 Å². The Morgan fingerprint density at radius 3 is 2.45 bits per heavy atom. The van der Waals surface area contributed by atoms with Crippen molar-refractivity contribution in [3.05, 3.63) is 59.9 Å². The predicted molar refractivity (Wildman–Crippen MR) is 74.4 cm³/mol. The molecule has 1 heterocycles. The largest absolute Gasteiger partial charge is 0.373 e. The fraction of sp³-hybridized carbons (Fsp3) is 0.133. The third-order valence-electron chi connectivity index (χ3n) is 3.27. The minimum Gasteiger partial charge on any atom is -0.373 e. The van der Waals surface area contributed by atoms with Gasteiger partial charge in [0.05, 0.1) is 17.6 Å². The third-order valence-corrected chi connectivity index (χ3v) is 3.27. The van der Waals surface area contributed by atoms with Crippen molar-refractivity contribution < 1.29 is 8.78 Å². The summed E-state index contributed by atoms with van der Waals surface area (Å²) in [6.07, 6.45) is 0. The molecule has 0 saturated carbocycles. The number of imidazole rings is 1. The van der Waals surface area contributed by atoms with Gasteiger partial charge in [-0.05, 0) is 24.3 Å². The van der Waals surface area contributed by atoms with Gasteiger partial charge in [-0.15, -0.1) is 0 Å². The topological polar surface area (TPSA) is 29.9 Å². The molecule has 3 aromatic rings. The van der Waals surface area contributed by atoms with Crippen LogP contribution in [0.15, 0.2) is 42.5 Å². The van der Waals surface area contributed by atoms with Crippen LogP contribution in [0.3, 0.4) is 0 Å². The van der Waals surface area contributed by atoms with E-state index in [9.17, 15) is 8.78 Å². The number of benzene rings is 2. The quantitative estimate of drug-likeness (QED) is 0.792. The number of hydrogen-bond acceptors (Lipinski definition) is 2. The van der Waals surface area contributed by atoms with Crippen LogP contribution in [0.4, 0.5) is 14.5 Å². The fourth-order valence-corrected chi connectivity index (χ4v) is 2.19. The van der Waals surface area contributed by atoms with Gasteiger partial charge in [0.1, 0.15) is 23.1 Å². The summed E-state index contributed by atoms with van der Waals surface area (Å²) in [6, 6.07) is 11.5. The zero-order valence-electron chi connectivity index (χ0n) is 10.9. The van der Waals surface area contributed by atoms with Crippen LogP contribution in [0.25, 0.3) is 11.0 Å². The molecular formula is C15H13F2N3. The first-order valence-corrected chi connectivity index (χ1v) is 6.25.